The summed E-state index contributed by atoms with van der Waals surface area (Å²) in [5.41, 5.74) is 5.66. The van der Waals surface area contributed by atoms with Gasteiger partial charge in [-0.2, -0.15) is 0 Å². The lowest BCUT2D eigenvalue weighted by Crippen LogP contribution is -2.46. The number of nitrogens with zero attached hydrogens (tertiary/aromatic N) is 1. The molecule has 108 valence electrons. The fraction of sp³-hybridized carbons (Fsp3) is 0.846. The summed E-state index contributed by atoms with van der Waals surface area (Å²) in [6.45, 7) is 0.866. The minimum Gasteiger partial charge on any atom is -0.480 e. The van der Waals surface area contributed by atoms with Crippen LogP contribution in [0.1, 0.15) is 32.1 Å². The normalized spacial score (nSPS) is 29.1. The van der Waals surface area contributed by atoms with E-state index in [2.05, 4.69) is 0 Å². The second-order valence-electron chi connectivity index (χ2n) is 5.73. The third-order valence-electron chi connectivity index (χ3n) is 4.57. The Labute approximate surface area is 112 Å². The molecule has 2 fully saturated rings. The molecule has 0 radical (unpaired) electrons. The van der Waals surface area contributed by atoms with E-state index in [1.807, 2.05) is 0 Å². The van der Waals surface area contributed by atoms with Crippen molar-refractivity contribution < 1.29 is 19.4 Å². The largest absolute Gasteiger partial charge is 0.480 e. The monoisotopic (exact) mass is 270 g/mol. The minimum absolute atomic E-state index is 0.0920. The number of carboxylic acid groups (broad SMARTS) is 1. The van der Waals surface area contributed by atoms with E-state index in [0.29, 0.717) is 25.9 Å². The van der Waals surface area contributed by atoms with Gasteiger partial charge in [-0.05, 0) is 24.8 Å². The Kier molecular flexibility index (Phi) is 4.10. The number of nitrogens with two attached hydrogens (primary N) is 1. The van der Waals surface area contributed by atoms with Gasteiger partial charge in [0.05, 0.1) is 6.10 Å². The highest BCUT2D eigenvalue weighted by molar-refractivity contribution is 5.85. The van der Waals surface area contributed by atoms with Gasteiger partial charge in [0.2, 0.25) is 5.91 Å². The predicted octanol–water partition coefficient (Wildman–Crippen LogP) is 0.206. The van der Waals surface area contributed by atoms with E-state index >= 15 is 0 Å². The summed E-state index contributed by atoms with van der Waals surface area (Å²) in [4.78, 5) is 25.0. The van der Waals surface area contributed by atoms with Gasteiger partial charge >= 0.3 is 5.97 Å². The zero-order chi connectivity index (χ0) is 14.0. The molecule has 2 aliphatic rings. The lowest BCUT2D eigenvalue weighted by molar-refractivity contribution is -0.149. The summed E-state index contributed by atoms with van der Waals surface area (Å²) in [6.07, 6.45) is 3.59. The lowest BCUT2D eigenvalue weighted by atomic mass is 9.66. The van der Waals surface area contributed by atoms with Gasteiger partial charge in [-0.15, -0.1) is 0 Å². The molecule has 0 spiro atoms. The highest BCUT2D eigenvalue weighted by atomic mass is 16.5. The molecule has 1 saturated heterocycles. The number of hydrogen-bond donors (Lipinski definition) is 2. The highest BCUT2D eigenvalue weighted by Gasteiger charge is 2.44. The molecule has 6 nitrogen and oxygen atoms in total. The molecule has 19 heavy (non-hydrogen) atoms. The molecule has 2 unspecified atom stereocenters. The molecule has 0 aromatic heterocycles. The van der Waals surface area contributed by atoms with Gasteiger partial charge in [-0.25, -0.2) is 4.79 Å². The third-order valence-corrected chi connectivity index (χ3v) is 4.57. The summed E-state index contributed by atoms with van der Waals surface area (Å²) in [5.74, 6) is -1.06. The molecular weight excluding hydrogens is 248 g/mol. The molecular formula is C13H22N2O4. The number of carboxylic acids is 1. The SMILES string of the molecule is COC1CC(C(=O)O)N(C(=O)CC2(CN)CCC2)C1. The molecule has 0 aromatic rings. The van der Waals surface area contributed by atoms with Crippen LogP contribution >= 0.6 is 0 Å². The van der Waals surface area contributed by atoms with Crippen LogP contribution in [-0.4, -0.2) is 54.2 Å². The van der Waals surface area contributed by atoms with Crippen LogP contribution < -0.4 is 5.73 Å². The number of hydrogen-bond acceptors (Lipinski definition) is 4. The van der Waals surface area contributed by atoms with Crippen LogP contribution in [0.15, 0.2) is 0 Å². The molecule has 0 bridgehead atoms. The maximum Gasteiger partial charge on any atom is 0.326 e. The Hall–Kier alpha value is -1.14. The van der Waals surface area contributed by atoms with Crippen LogP contribution in [-0.2, 0) is 14.3 Å². The van der Waals surface area contributed by atoms with E-state index in [9.17, 15) is 14.7 Å². The average molecular weight is 270 g/mol. The number of carbonyl (C=O) groups is 2. The first-order chi connectivity index (χ1) is 9.01. The van der Waals surface area contributed by atoms with Gasteiger partial charge in [0.25, 0.3) is 0 Å². The lowest BCUT2D eigenvalue weighted by Gasteiger charge is -2.41. The Morgan fingerprint density at radius 1 is 1.47 bits per heavy atom. The molecule has 1 aliphatic carbocycles. The maximum absolute atomic E-state index is 12.3. The van der Waals surface area contributed by atoms with Gasteiger partial charge in [0.1, 0.15) is 6.04 Å². The van der Waals surface area contributed by atoms with Crippen molar-refractivity contribution in [1.82, 2.24) is 4.90 Å². The second kappa shape index (κ2) is 5.46. The molecule has 1 saturated carbocycles. The maximum atomic E-state index is 12.3. The van der Waals surface area contributed by atoms with Gasteiger partial charge in [-0.3, -0.25) is 4.79 Å². The number of methoxy groups -OCH3 is 1. The van der Waals surface area contributed by atoms with Gasteiger partial charge in [0.15, 0.2) is 0 Å². The third kappa shape index (κ3) is 2.74. The number of ether oxygens (including phenoxy) is 1. The number of likely N-dealkylation sites (tertiary alicyclic amines) is 1. The molecule has 6 heteroatoms. The number of rotatable bonds is 5. The summed E-state index contributed by atoms with van der Waals surface area (Å²) in [7, 11) is 1.55. The van der Waals surface area contributed by atoms with E-state index in [4.69, 9.17) is 10.5 Å². The van der Waals surface area contributed by atoms with Crippen LogP contribution in [0, 0.1) is 5.41 Å². The molecule has 1 aliphatic heterocycles. The standard InChI is InChI=1S/C13H22N2O4/c1-19-9-5-10(12(17)18)15(7-9)11(16)6-13(8-14)3-2-4-13/h9-10H,2-8,14H2,1H3,(H,17,18). The highest BCUT2D eigenvalue weighted by Crippen LogP contribution is 2.43. The Morgan fingerprint density at radius 3 is 2.58 bits per heavy atom. The molecule has 2 atom stereocenters. The molecule has 1 heterocycles. The minimum atomic E-state index is -0.955. The molecule has 2 rings (SSSR count). The quantitative estimate of drug-likeness (QED) is 0.744. The van der Waals surface area contributed by atoms with E-state index in [1.54, 1.807) is 7.11 Å². The number of amides is 1. The van der Waals surface area contributed by atoms with E-state index in [1.165, 1.54) is 4.90 Å². The summed E-state index contributed by atoms with van der Waals surface area (Å²) < 4.78 is 5.19. The first kappa shape index (κ1) is 14.3. The predicted molar refractivity (Wildman–Crippen MR) is 68.5 cm³/mol. The van der Waals surface area contributed by atoms with Crippen molar-refractivity contribution in [2.24, 2.45) is 11.1 Å². The molecule has 1 amide bonds. The Balaban J connectivity index is 2.02. The van der Waals surface area contributed by atoms with Gasteiger partial charge in [-0.1, -0.05) is 6.42 Å². The molecule has 0 aromatic carbocycles. The van der Waals surface area contributed by atoms with E-state index in [0.717, 1.165) is 19.3 Å². The van der Waals surface area contributed by atoms with Gasteiger partial charge in [0, 0.05) is 26.5 Å². The van der Waals surface area contributed by atoms with Crippen molar-refractivity contribution in [1.29, 1.82) is 0 Å². The topological polar surface area (TPSA) is 92.9 Å². The van der Waals surface area contributed by atoms with Crippen LogP contribution in [0.4, 0.5) is 0 Å². The number of aliphatic carboxylic acids is 1. The fourth-order valence-electron chi connectivity index (χ4n) is 3.03. The van der Waals surface area contributed by atoms with Crippen LogP contribution in [0.25, 0.3) is 0 Å². The Bertz CT molecular complexity index is 362. The average Bonchev–Trinajstić information content (AvgIpc) is 2.78. The van der Waals surface area contributed by atoms with Crippen LogP contribution in [0.5, 0.6) is 0 Å². The molecule has 3 N–H and O–H groups in total. The zero-order valence-electron chi connectivity index (χ0n) is 11.3. The summed E-state index contributed by atoms with van der Waals surface area (Å²) in [6, 6.07) is -0.757. The second-order valence-corrected chi connectivity index (χ2v) is 5.73. The zero-order valence-corrected chi connectivity index (χ0v) is 11.3. The first-order valence-corrected chi connectivity index (χ1v) is 6.76. The van der Waals surface area contributed by atoms with Crippen molar-refractivity contribution in [3.8, 4) is 0 Å². The fourth-order valence-corrected chi connectivity index (χ4v) is 3.03. The van der Waals surface area contributed by atoms with Crippen molar-refractivity contribution in [2.45, 2.75) is 44.2 Å². The van der Waals surface area contributed by atoms with Crippen molar-refractivity contribution in [3.63, 3.8) is 0 Å². The van der Waals surface area contributed by atoms with Crippen LogP contribution in [0.2, 0.25) is 0 Å². The van der Waals surface area contributed by atoms with E-state index < -0.39 is 12.0 Å². The first-order valence-electron chi connectivity index (χ1n) is 6.76. The summed E-state index contributed by atoms with van der Waals surface area (Å²) >= 11 is 0. The Morgan fingerprint density at radius 2 is 2.16 bits per heavy atom. The van der Waals surface area contributed by atoms with Crippen LogP contribution in [0.3, 0.4) is 0 Å². The van der Waals surface area contributed by atoms with Crippen molar-refractivity contribution in [3.05, 3.63) is 0 Å². The van der Waals surface area contributed by atoms with Gasteiger partial charge < -0.3 is 20.5 Å². The smallest absolute Gasteiger partial charge is 0.326 e. The number of carbonyl (C=O) groups excluding carboxylic acids is 1. The van der Waals surface area contributed by atoms with Crippen molar-refractivity contribution in [2.75, 3.05) is 20.2 Å². The summed E-state index contributed by atoms with van der Waals surface area (Å²) in [5, 5.41) is 9.20. The van der Waals surface area contributed by atoms with E-state index in [-0.39, 0.29) is 17.4 Å². The van der Waals surface area contributed by atoms with Crippen molar-refractivity contribution >= 4 is 11.9 Å².